The molecule has 4 rings (SSSR count). The Balaban J connectivity index is 1.53. The summed E-state index contributed by atoms with van der Waals surface area (Å²) in [6.45, 7) is 7.12. The number of aliphatic hydroxyl groups excluding tert-OH is 2. The van der Waals surface area contributed by atoms with Gasteiger partial charge in [-0.2, -0.15) is 0 Å². The molecule has 29 heavy (non-hydrogen) atoms. The highest BCUT2D eigenvalue weighted by Crippen LogP contribution is 2.68. The van der Waals surface area contributed by atoms with Crippen LogP contribution in [0, 0.1) is 46.3 Å². The van der Waals surface area contributed by atoms with Gasteiger partial charge in [0.25, 0.3) is 0 Å². The third-order valence-corrected chi connectivity index (χ3v) is 10.5. The molecule has 0 bridgehead atoms. The Morgan fingerprint density at radius 2 is 1.83 bits per heavy atom. The molecule has 0 aliphatic heterocycles. The van der Waals surface area contributed by atoms with Crippen molar-refractivity contribution >= 4 is 5.97 Å². The minimum atomic E-state index is -0.246. The lowest BCUT2D eigenvalue weighted by Crippen LogP contribution is -2.58. The molecule has 4 saturated carbocycles. The first-order chi connectivity index (χ1) is 13.7. The van der Waals surface area contributed by atoms with Crippen LogP contribution in [0.4, 0.5) is 0 Å². The number of carbonyl (C=O) groups excluding carboxylic acids is 1. The van der Waals surface area contributed by atoms with Crippen LogP contribution in [0.25, 0.3) is 0 Å². The van der Waals surface area contributed by atoms with E-state index in [-0.39, 0.29) is 23.6 Å². The Morgan fingerprint density at radius 1 is 1.07 bits per heavy atom. The van der Waals surface area contributed by atoms with Crippen molar-refractivity contribution in [1.29, 1.82) is 0 Å². The Morgan fingerprint density at radius 3 is 2.55 bits per heavy atom. The predicted octanol–water partition coefficient (Wildman–Crippen LogP) is 4.57. The monoisotopic (exact) mass is 406 g/mol. The molecule has 4 fully saturated rings. The molecule has 0 aromatic heterocycles. The van der Waals surface area contributed by atoms with Gasteiger partial charge in [-0.3, -0.25) is 4.79 Å². The smallest absolute Gasteiger partial charge is 0.305 e. The fourth-order valence-electron chi connectivity index (χ4n) is 8.81. The summed E-state index contributed by atoms with van der Waals surface area (Å²) in [6, 6.07) is 0. The van der Waals surface area contributed by atoms with Gasteiger partial charge in [0.2, 0.25) is 0 Å². The van der Waals surface area contributed by atoms with Crippen molar-refractivity contribution in [3.8, 4) is 0 Å². The quantitative estimate of drug-likeness (QED) is 0.671. The summed E-state index contributed by atoms with van der Waals surface area (Å²) in [7, 11) is 1.46. The van der Waals surface area contributed by atoms with Crippen LogP contribution in [-0.2, 0) is 9.53 Å². The summed E-state index contributed by atoms with van der Waals surface area (Å²) in [5, 5.41) is 21.8. The third kappa shape index (κ3) is 3.37. The van der Waals surface area contributed by atoms with E-state index in [2.05, 4.69) is 20.8 Å². The Hall–Kier alpha value is -0.610. The number of esters is 1. The largest absolute Gasteiger partial charge is 0.469 e. The predicted molar refractivity (Wildman–Crippen MR) is 113 cm³/mol. The summed E-state index contributed by atoms with van der Waals surface area (Å²) >= 11 is 0. The molecule has 0 saturated heterocycles. The van der Waals surface area contributed by atoms with Crippen LogP contribution in [0.5, 0.6) is 0 Å². The maximum atomic E-state index is 11.6. The summed E-state index contributed by atoms with van der Waals surface area (Å²) in [6.07, 6.45) is 9.86. The molecular weight excluding hydrogens is 364 g/mol. The van der Waals surface area contributed by atoms with Crippen LogP contribution in [-0.4, -0.2) is 35.5 Å². The summed E-state index contributed by atoms with van der Waals surface area (Å²) in [5.74, 6) is 3.36. The molecule has 0 aromatic carbocycles. The lowest BCUT2D eigenvalue weighted by molar-refractivity contribution is -0.175. The molecule has 166 valence electrons. The second-order valence-electron chi connectivity index (χ2n) is 11.5. The number of carbonyl (C=O) groups is 1. The number of methoxy groups -OCH3 is 1. The topological polar surface area (TPSA) is 66.8 Å². The molecule has 0 radical (unpaired) electrons. The first-order valence-electron chi connectivity index (χ1n) is 12.1. The summed E-state index contributed by atoms with van der Waals surface area (Å²) in [5.41, 5.74) is 0.271. The molecular formula is C25H42O4. The first-order valence-corrected chi connectivity index (χ1v) is 12.1. The van der Waals surface area contributed by atoms with Crippen molar-refractivity contribution in [2.45, 2.75) is 97.2 Å². The number of rotatable bonds is 4. The highest BCUT2D eigenvalue weighted by Gasteiger charge is 2.63. The van der Waals surface area contributed by atoms with Gasteiger partial charge in [-0.05, 0) is 104 Å². The first kappa shape index (κ1) is 21.6. The molecule has 0 amide bonds. The van der Waals surface area contributed by atoms with Crippen molar-refractivity contribution in [1.82, 2.24) is 0 Å². The van der Waals surface area contributed by atoms with E-state index in [9.17, 15) is 15.0 Å². The van der Waals surface area contributed by atoms with Gasteiger partial charge in [-0.1, -0.05) is 20.8 Å². The van der Waals surface area contributed by atoms with Crippen molar-refractivity contribution < 1.29 is 19.7 Å². The molecule has 0 heterocycles. The maximum absolute atomic E-state index is 11.6. The van der Waals surface area contributed by atoms with Gasteiger partial charge in [-0.15, -0.1) is 0 Å². The Kier molecular flexibility index (Phi) is 5.83. The molecule has 4 heteroatoms. The van der Waals surface area contributed by atoms with Crippen LogP contribution in [0.3, 0.4) is 0 Å². The average Bonchev–Trinajstić information content (AvgIpc) is 3.06. The van der Waals surface area contributed by atoms with Gasteiger partial charge in [-0.25, -0.2) is 0 Å². The SMILES string of the molecule is COC(=O)CC[C@H](C)[C@@H]1CC[C@@H]2[C@@H]3CC[C@H]4C[C@H](O)CC[C@]4(C)[C@@H]3C[C@H](O)[C@]21C. The minimum absolute atomic E-state index is 0.0198. The lowest BCUT2D eigenvalue weighted by atomic mass is 9.43. The molecule has 0 unspecified atom stereocenters. The Labute approximate surface area is 176 Å². The fourth-order valence-corrected chi connectivity index (χ4v) is 8.81. The second kappa shape index (κ2) is 7.82. The van der Waals surface area contributed by atoms with Gasteiger partial charge < -0.3 is 14.9 Å². The van der Waals surface area contributed by atoms with Crippen molar-refractivity contribution in [3.63, 3.8) is 0 Å². The standard InChI is InChI=1S/C25H42O4/c1-15(5-10-23(28)29-4)19-8-9-20-18-7-6-16-13-17(26)11-12-24(16,2)21(18)14-22(27)25(19,20)3/h15-22,26-27H,5-14H2,1-4H3/t15-,16-,17+,18-,19-,20+,21+,22-,24-,25-/m0/s1. The summed E-state index contributed by atoms with van der Waals surface area (Å²) < 4.78 is 4.85. The molecule has 0 aromatic rings. The van der Waals surface area contributed by atoms with E-state index in [4.69, 9.17) is 4.74 Å². The zero-order valence-corrected chi connectivity index (χ0v) is 18.9. The van der Waals surface area contributed by atoms with Crippen molar-refractivity contribution in [2.75, 3.05) is 7.11 Å². The van der Waals surface area contributed by atoms with E-state index in [0.29, 0.717) is 41.4 Å². The highest BCUT2D eigenvalue weighted by atomic mass is 16.5. The molecule has 10 atom stereocenters. The van der Waals surface area contributed by atoms with Crippen LogP contribution in [0.15, 0.2) is 0 Å². The molecule has 4 nitrogen and oxygen atoms in total. The van der Waals surface area contributed by atoms with E-state index >= 15 is 0 Å². The van der Waals surface area contributed by atoms with E-state index in [0.717, 1.165) is 38.0 Å². The number of ether oxygens (including phenoxy) is 1. The second-order valence-corrected chi connectivity index (χ2v) is 11.5. The highest BCUT2D eigenvalue weighted by molar-refractivity contribution is 5.69. The number of aliphatic hydroxyl groups is 2. The van der Waals surface area contributed by atoms with Gasteiger partial charge in [0.15, 0.2) is 0 Å². The zero-order valence-electron chi connectivity index (χ0n) is 18.9. The lowest BCUT2D eigenvalue weighted by Gasteiger charge is -2.62. The minimum Gasteiger partial charge on any atom is -0.469 e. The number of hydrogen-bond acceptors (Lipinski definition) is 4. The van der Waals surface area contributed by atoms with Gasteiger partial charge >= 0.3 is 5.97 Å². The molecule has 0 spiro atoms. The fraction of sp³-hybridized carbons (Fsp3) is 0.960. The average molecular weight is 407 g/mol. The molecule has 2 N–H and O–H groups in total. The van der Waals surface area contributed by atoms with Crippen LogP contribution < -0.4 is 0 Å². The maximum Gasteiger partial charge on any atom is 0.305 e. The van der Waals surface area contributed by atoms with E-state index < -0.39 is 0 Å². The zero-order chi connectivity index (χ0) is 21.0. The van der Waals surface area contributed by atoms with E-state index in [1.165, 1.54) is 32.8 Å². The normalized spacial score (nSPS) is 50.2. The Bertz CT molecular complexity index is 620. The van der Waals surface area contributed by atoms with E-state index in [1.807, 2.05) is 0 Å². The molecule has 4 aliphatic rings. The number of fused-ring (bicyclic) bond motifs is 5. The van der Waals surface area contributed by atoms with Crippen molar-refractivity contribution in [3.05, 3.63) is 0 Å². The van der Waals surface area contributed by atoms with Gasteiger partial charge in [0.05, 0.1) is 19.3 Å². The number of hydrogen-bond donors (Lipinski definition) is 2. The van der Waals surface area contributed by atoms with Crippen LogP contribution in [0.1, 0.15) is 85.0 Å². The molecule has 4 aliphatic carbocycles. The van der Waals surface area contributed by atoms with Crippen LogP contribution in [0.2, 0.25) is 0 Å². The van der Waals surface area contributed by atoms with Crippen LogP contribution >= 0.6 is 0 Å². The third-order valence-electron chi connectivity index (χ3n) is 10.5. The summed E-state index contributed by atoms with van der Waals surface area (Å²) in [4.78, 5) is 11.6. The van der Waals surface area contributed by atoms with Crippen molar-refractivity contribution in [2.24, 2.45) is 46.3 Å². The van der Waals surface area contributed by atoms with E-state index in [1.54, 1.807) is 0 Å². The van der Waals surface area contributed by atoms with Gasteiger partial charge in [0.1, 0.15) is 0 Å². The van der Waals surface area contributed by atoms with Gasteiger partial charge in [0, 0.05) is 6.42 Å².